The van der Waals surface area contributed by atoms with Crippen LogP contribution in [0.25, 0.3) is 5.69 Å². The molecular formula is C37H40Cl3F3N8O3. The number of pyridine rings is 1. The molecule has 0 aliphatic carbocycles. The van der Waals surface area contributed by atoms with E-state index in [1.165, 1.54) is 31.4 Å². The molecule has 2 aliphatic rings. The second-order valence-corrected chi connectivity index (χ2v) is 12.7. The number of hydrogen-bond donors (Lipinski definition) is 0. The van der Waals surface area contributed by atoms with Crippen molar-refractivity contribution in [1.82, 2.24) is 39.9 Å². The van der Waals surface area contributed by atoms with Crippen molar-refractivity contribution in [3.8, 4) is 17.2 Å². The summed E-state index contributed by atoms with van der Waals surface area (Å²) in [5.41, 5.74) is 3.47. The predicted octanol–water partition coefficient (Wildman–Crippen LogP) is 6.20. The van der Waals surface area contributed by atoms with Crippen molar-refractivity contribution in [3.63, 3.8) is 0 Å². The number of fused-ring (bicyclic) bond motifs is 1. The highest BCUT2D eigenvalue weighted by Crippen LogP contribution is 2.40. The Labute approximate surface area is 329 Å². The van der Waals surface area contributed by atoms with Crippen molar-refractivity contribution < 1.29 is 27.4 Å². The van der Waals surface area contributed by atoms with Crippen molar-refractivity contribution in [1.29, 1.82) is 0 Å². The van der Waals surface area contributed by atoms with E-state index in [1.54, 1.807) is 30.6 Å². The van der Waals surface area contributed by atoms with E-state index in [0.717, 1.165) is 0 Å². The molecule has 0 bridgehead atoms. The number of hydrogen-bond acceptors (Lipinski definition) is 9. The Morgan fingerprint density at radius 2 is 1.54 bits per heavy atom. The van der Waals surface area contributed by atoms with Crippen molar-refractivity contribution in [3.05, 3.63) is 125 Å². The van der Waals surface area contributed by atoms with Gasteiger partial charge in [-0.05, 0) is 45.8 Å². The number of ether oxygens (including phenoxy) is 2. The molecule has 17 heteroatoms. The number of rotatable bonds is 9. The van der Waals surface area contributed by atoms with Gasteiger partial charge in [0.05, 0.1) is 25.3 Å². The lowest BCUT2D eigenvalue weighted by molar-refractivity contribution is -0.146. The Morgan fingerprint density at radius 3 is 2.13 bits per heavy atom. The van der Waals surface area contributed by atoms with Crippen molar-refractivity contribution in [2.75, 3.05) is 46.9 Å². The van der Waals surface area contributed by atoms with Crippen LogP contribution in [0.5, 0.6) is 11.5 Å². The molecule has 2 fully saturated rings. The fraction of sp³-hybridized carbons (Fsp3) is 0.324. The lowest BCUT2D eigenvalue weighted by Crippen LogP contribution is -2.67. The summed E-state index contributed by atoms with van der Waals surface area (Å²) in [4.78, 5) is 24.5. The molecule has 0 radical (unpaired) electrons. The fourth-order valence-electron chi connectivity index (χ4n) is 7.53. The molecule has 11 nitrogen and oxygen atoms in total. The molecule has 0 spiro atoms. The lowest BCUT2D eigenvalue weighted by atomic mass is 9.81. The second kappa shape index (κ2) is 18.2. The maximum Gasteiger partial charge on any atom is 0.453 e. The Kier molecular flexibility index (Phi) is 14.3. The molecule has 7 rings (SSSR count). The number of aromatic nitrogens is 5. The molecule has 0 unspecified atom stereocenters. The fourth-order valence-corrected chi connectivity index (χ4v) is 7.53. The lowest BCUT2D eigenvalue weighted by Gasteiger charge is -2.53. The van der Waals surface area contributed by atoms with Crippen molar-refractivity contribution in [2.45, 2.75) is 30.7 Å². The van der Waals surface area contributed by atoms with Crippen LogP contribution in [0.4, 0.5) is 13.2 Å². The Hall–Kier alpha value is -4.47. The minimum Gasteiger partial charge on any atom is -0.496 e. The topological polar surface area (TPSA) is 102 Å². The number of alkyl halides is 3. The van der Waals surface area contributed by atoms with E-state index in [4.69, 9.17) is 9.47 Å². The van der Waals surface area contributed by atoms with Crippen LogP contribution in [0.15, 0.2) is 97.3 Å². The zero-order valence-electron chi connectivity index (χ0n) is 29.4. The van der Waals surface area contributed by atoms with E-state index in [2.05, 4.69) is 54.6 Å². The highest BCUT2D eigenvalue weighted by molar-refractivity contribution is 5.94. The smallest absolute Gasteiger partial charge is 0.453 e. The van der Waals surface area contributed by atoms with Gasteiger partial charge < -0.3 is 14.4 Å². The Bertz CT molecular complexity index is 1920. The van der Waals surface area contributed by atoms with Crippen LogP contribution in [-0.2, 0) is 12.7 Å². The first-order chi connectivity index (χ1) is 24.8. The molecule has 2 atom stereocenters. The van der Waals surface area contributed by atoms with Gasteiger partial charge in [0.2, 0.25) is 0 Å². The zero-order chi connectivity index (χ0) is 35.5. The van der Waals surface area contributed by atoms with Gasteiger partial charge in [-0.25, -0.2) is 0 Å². The molecule has 1 amide bonds. The molecule has 2 aromatic heterocycles. The molecule has 54 heavy (non-hydrogen) atoms. The first kappa shape index (κ1) is 42.3. The molecule has 2 saturated heterocycles. The monoisotopic (exact) mass is 806 g/mol. The minimum absolute atomic E-state index is 0. The maximum absolute atomic E-state index is 13.9. The first-order valence-corrected chi connectivity index (χ1v) is 16.6. The summed E-state index contributed by atoms with van der Waals surface area (Å²) in [7, 11) is 2.92. The van der Waals surface area contributed by atoms with Gasteiger partial charge in [-0.1, -0.05) is 60.7 Å². The van der Waals surface area contributed by atoms with Gasteiger partial charge in [-0.15, -0.1) is 42.3 Å². The third-order valence-corrected chi connectivity index (χ3v) is 9.72. The summed E-state index contributed by atoms with van der Waals surface area (Å²) >= 11 is 0. The number of halogens is 6. The van der Waals surface area contributed by atoms with Gasteiger partial charge in [0.25, 0.3) is 11.7 Å². The number of benzene rings is 3. The number of nitrogens with zero attached hydrogens (tertiary/aromatic N) is 8. The van der Waals surface area contributed by atoms with Crippen LogP contribution in [0, 0.1) is 0 Å². The molecule has 288 valence electrons. The van der Waals surface area contributed by atoms with Crippen molar-refractivity contribution in [2.24, 2.45) is 0 Å². The molecular weight excluding hydrogens is 768 g/mol. The van der Waals surface area contributed by atoms with Crippen LogP contribution < -0.4 is 9.47 Å². The predicted molar refractivity (Wildman–Crippen MR) is 203 cm³/mol. The van der Waals surface area contributed by atoms with Gasteiger partial charge in [-0.2, -0.15) is 17.9 Å². The summed E-state index contributed by atoms with van der Waals surface area (Å²) in [6.45, 7) is 3.22. The third-order valence-electron chi connectivity index (χ3n) is 9.72. The van der Waals surface area contributed by atoms with Gasteiger partial charge in [0, 0.05) is 69.7 Å². The van der Waals surface area contributed by atoms with E-state index in [9.17, 15) is 18.0 Å². The molecule has 2 aliphatic heterocycles. The largest absolute Gasteiger partial charge is 0.496 e. The summed E-state index contributed by atoms with van der Waals surface area (Å²) in [5, 5.41) is 10.2. The number of piperazine rings is 2. The maximum atomic E-state index is 13.9. The van der Waals surface area contributed by atoms with Gasteiger partial charge >= 0.3 is 6.18 Å². The molecule has 5 aromatic rings. The van der Waals surface area contributed by atoms with Gasteiger partial charge in [0.15, 0.2) is 5.75 Å². The zero-order valence-corrected chi connectivity index (χ0v) is 31.8. The quantitative estimate of drug-likeness (QED) is 0.172. The number of carbonyl (C=O) groups is 1. The standard InChI is InChI=1S/C37H37F3N8O3.3ClH/c1-50-32-16-15-30(48-36(37(38,39)40)42-43-44-48)34(51-2)29(32)23-45-21-28-22-46(35(49)27-14-9-17-41-20-27)18-19-47(28)31(24-45)33(25-10-5-3-6-11-25)26-12-7-4-8-13-26;;;/h3-17,20,28,31,33H,18-19,21-24H2,1-2H3;3*1H/t28-,31+;;;/m1.../s1. The summed E-state index contributed by atoms with van der Waals surface area (Å²) in [6, 6.07) is 27.3. The van der Waals surface area contributed by atoms with Crippen LogP contribution in [0.2, 0.25) is 0 Å². The Morgan fingerprint density at radius 1 is 0.852 bits per heavy atom. The number of methoxy groups -OCH3 is 2. The van der Waals surface area contributed by atoms with E-state index < -0.39 is 12.0 Å². The normalized spacial score (nSPS) is 17.4. The van der Waals surface area contributed by atoms with Gasteiger partial charge in [-0.3, -0.25) is 19.6 Å². The van der Waals surface area contributed by atoms with Gasteiger partial charge in [0.1, 0.15) is 11.4 Å². The van der Waals surface area contributed by atoms with Crippen LogP contribution in [-0.4, -0.2) is 105 Å². The summed E-state index contributed by atoms with van der Waals surface area (Å²) in [5.74, 6) is -0.720. The first-order valence-electron chi connectivity index (χ1n) is 16.6. The van der Waals surface area contributed by atoms with Crippen molar-refractivity contribution >= 4 is 43.1 Å². The van der Waals surface area contributed by atoms with E-state index >= 15 is 0 Å². The average molecular weight is 808 g/mol. The highest BCUT2D eigenvalue weighted by Gasteiger charge is 2.44. The van der Waals surface area contributed by atoms with E-state index in [0.29, 0.717) is 54.3 Å². The Balaban J connectivity index is 0.00000217. The average Bonchev–Trinajstić information content (AvgIpc) is 3.67. The van der Waals surface area contributed by atoms with Crippen LogP contribution in [0.3, 0.4) is 0 Å². The van der Waals surface area contributed by atoms with E-state index in [1.807, 2.05) is 41.3 Å². The number of amides is 1. The number of carbonyl (C=O) groups excluding carboxylic acids is 1. The van der Waals surface area contributed by atoms with Crippen LogP contribution >= 0.6 is 37.2 Å². The number of tetrazole rings is 1. The highest BCUT2D eigenvalue weighted by atomic mass is 35.5. The minimum atomic E-state index is -4.79. The van der Waals surface area contributed by atoms with E-state index in [-0.39, 0.29) is 79.1 Å². The third kappa shape index (κ3) is 8.58. The summed E-state index contributed by atoms with van der Waals surface area (Å²) < 4.78 is 53.9. The molecule has 0 N–H and O–H groups in total. The second-order valence-electron chi connectivity index (χ2n) is 12.7. The summed E-state index contributed by atoms with van der Waals surface area (Å²) in [6.07, 6.45) is -1.56. The molecule has 0 saturated carbocycles. The molecule has 3 aromatic carbocycles. The molecule has 4 heterocycles. The SMILES string of the molecule is COc1ccc(-n2nnnc2C(F)(F)F)c(OC)c1CN1C[C@@H]2CN(C(=O)c3cccnc3)CCN2[C@H](C(c2ccccc2)c2ccccc2)C1.Cl.Cl.Cl. The van der Waals surface area contributed by atoms with Crippen LogP contribution in [0.1, 0.15) is 38.8 Å².